The molecule has 1 aromatic rings. The van der Waals surface area contributed by atoms with Crippen molar-refractivity contribution in [2.24, 2.45) is 0 Å². The number of carbonyl (C=O) groups is 1. The van der Waals surface area contributed by atoms with Crippen molar-refractivity contribution >= 4 is 5.91 Å². The molecular formula is C15H22N2O2. The first-order valence-corrected chi connectivity index (χ1v) is 6.75. The second kappa shape index (κ2) is 6.17. The van der Waals surface area contributed by atoms with Gasteiger partial charge in [-0.05, 0) is 24.5 Å². The van der Waals surface area contributed by atoms with Crippen LogP contribution in [-0.4, -0.2) is 53.6 Å². The van der Waals surface area contributed by atoms with Crippen LogP contribution in [0.4, 0.5) is 0 Å². The normalized spacial score (nSPS) is 19.6. The molecule has 4 nitrogen and oxygen atoms in total. The van der Waals surface area contributed by atoms with E-state index in [2.05, 4.69) is 19.1 Å². The molecule has 0 aromatic heterocycles. The van der Waals surface area contributed by atoms with Crippen LogP contribution in [-0.2, 0) is 11.3 Å². The van der Waals surface area contributed by atoms with Crippen LogP contribution >= 0.6 is 0 Å². The molecule has 0 saturated carbocycles. The highest BCUT2D eigenvalue weighted by Crippen LogP contribution is 2.11. The molecule has 1 amide bonds. The summed E-state index contributed by atoms with van der Waals surface area (Å²) in [5.41, 5.74) is 2.39. The summed E-state index contributed by atoms with van der Waals surface area (Å²) >= 11 is 0. The predicted octanol–water partition coefficient (Wildman–Crippen LogP) is 1.02. The maximum absolute atomic E-state index is 12.1. The quantitative estimate of drug-likeness (QED) is 0.881. The lowest BCUT2D eigenvalue weighted by molar-refractivity contribution is -0.131. The minimum Gasteiger partial charge on any atom is -0.392 e. The topological polar surface area (TPSA) is 43.8 Å². The molecule has 0 spiro atoms. The SMILES string of the molecule is Cc1ccccc1CN(C)C(=O)CN1CC[C@H](O)C1. The van der Waals surface area contributed by atoms with Gasteiger partial charge in [0.25, 0.3) is 0 Å². The van der Waals surface area contributed by atoms with Crippen molar-refractivity contribution in [2.75, 3.05) is 26.7 Å². The van der Waals surface area contributed by atoms with E-state index in [4.69, 9.17) is 0 Å². The third kappa shape index (κ3) is 3.78. The van der Waals surface area contributed by atoms with E-state index in [0.29, 0.717) is 19.6 Å². The fourth-order valence-corrected chi connectivity index (χ4v) is 2.40. The monoisotopic (exact) mass is 262 g/mol. The Kier molecular flexibility index (Phi) is 4.56. The molecule has 1 heterocycles. The smallest absolute Gasteiger partial charge is 0.236 e. The second-order valence-electron chi connectivity index (χ2n) is 5.35. The van der Waals surface area contributed by atoms with Gasteiger partial charge in [-0.15, -0.1) is 0 Å². The number of aryl methyl sites for hydroxylation is 1. The largest absolute Gasteiger partial charge is 0.392 e. The van der Waals surface area contributed by atoms with Crippen molar-refractivity contribution in [3.8, 4) is 0 Å². The van der Waals surface area contributed by atoms with E-state index in [1.807, 2.05) is 24.1 Å². The van der Waals surface area contributed by atoms with Gasteiger partial charge in [0.2, 0.25) is 5.91 Å². The van der Waals surface area contributed by atoms with E-state index in [9.17, 15) is 9.90 Å². The first-order valence-electron chi connectivity index (χ1n) is 6.75. The summed E-state index contributed by atoms with van der Waals surface area (Å²) in [5, 5.41) is 9.46. The number of β-amino-alcohol motifs (C(OH)–C–C–N with tert-alkyl or cyclic N) is 1. The first-order chi connectivity index (χ1) is 9.06. The van der Waals surface area contributed by atoms with Crippen LogP contribution in [0.3, 0.4) is 0 Å². The summed E-state index contributed by atoms with van der Waals surface area (Å²) in [6.07, 6.45) is 0.504. The van der Waals surface area contributed by atoms with Gasteiger partial charge in [0.15, 0.2) is 0 Å². The van der Waals surface area contributed by atoms with Crippen molar-refractivity contribution < 1.29 is 9.90 Å². The lowest BCUT2D eigenvalue weighted by Crippen LogP contribution is -2.37. The third-order valence-electron chi connectivity index (χ3n) is 3.70. The van der Waals surface area contributed by atoms with E-state index < -0.39 is 0 Å². The number of hydrogen-bond donors (Lipinski definition) is 1. The summed E-state index contributed by atoms with van der Waals surface area (Å²) in [7, 11) is 1.83. The average molecular weight is 262 g/mol. The fraction of sp³-hybridized carbons (Fsp3) is 0.533. The number of likely N-dealkylation sites (tertiary alicyclic amines) is 1. The average Bonchev–Trinajstić information content (AvgIpc) is 2.77. The van der Waals surface area contributed by atoms with Crippen molar-refractivity contribution in [2.45, 2.75) is 26.0 Å². The molecule has 1 aromatic carbocycles. The van der Waals surface area contributed by atoms with E-state index in [-0.39, 0.29) is 12.0 Å². The van der Waals surface area contributed by atoms with Crippen molar-refractivity contribution in [3.05, 3.63) is 35.4 Å². The summed E-state index contributed by atoms with van der Waals surface area (Å²) in [6.45, 7) is 4.53. The molecule has 0 radical (unpaired) electrons. The Bertz CT molecular complexity index is 448. The summed E-state index contributed by atoms with van der Waals surface area (Å²) in [4.78, 5) is 15.9. The Labute approximate surface area is 114 Å². The minimum absolute atomic E-state index is 0.109. The highest BCUT2D eigenvalue weighted by molar-refractivity contribution is 5.78. The molecule has 0 bridgehead atoms. The molecule has 19 heavy (non-hydrogen) atoms. The molecule has 104 valence electrons. The number of likely N-dealkylation sites (N-methyl/N-ethyl adjacent to an activating group) is 1. The first kappa shape index (κ1) is 14.0. The number of aliphatic hydroxyl groups is 1. The Morgan fingerprint density at radius 1 is 1.47 bits per heavy atom. The van der Waals surface area contributed by atoms with Gasteiger partial charge in [-0.25, -0.2) is 0 Å². The zero-order chi connectivity index (χ0) is 13.8. The van der Waals surface area contributed by atoms with E-state index in [1.54, 1.807) is 4.90 Å². The van der Waals surface area contributed by atoms with Gasteiger partial charge in [0, 0.05) is 26.7 Å². The molecule has 1 fully saturated rings. The molecule has 1 aliphatic heterocycles. The van der Waals surface area contributed by atoms with Gasteiger partial charge in [0.05, 0.1) is 12.6 Å². The standard InChI is InChI=1S/C15H22N2O2/c1-12-5-3-4-6-13(12)9-16(2)15(19)11-17-8-7-14(18)10-17/h3-6,14,18H,7-11H2,1-2H3/t14-/m0/s1. The highest BCUT2D eigenvalue weighted by Gasteiger charge is 2.23. The van der Waals surface area contributed by atoms with Crippen molar-refractivity contribution in [1.82, 2.24) is 9.80 Å². The summed E-state index contributed by atoms with van der Waals surface area (Å²) in [5.74, 6) is 0.109. The molecule has 0 aliphatic carbocycles. The maximum Gasteiger partial charge on any atom is 0.236 e. The maximum atomic E-state index is 12.1. The van der Waals surface area contributed by atoms with Gasteiger partial charge in [-0.2, -0.15) is 0 Å². The zero-order valence-electron chi connectivity index (χ0n) is 11.7. The van der Waals surface area contributed by atoms with E-state index in [1.165, 1.54) is 11.1 Å². The molecule has 4 heteroatoms. The lowest BCUT2D eigenvalue weighted by Gasteiger charge is -2.22. The van der Waals surface area contributed by atoms with Crippen LogP contribution in [0.1, 0.15) is 17.5 Å². The van der Waals surface area contributed by atoms with Gasteiger partial charge >= 0.3 is 0 Å². The molecular weight excluding hydrogens is 240 g/mol. The van der Waals surface area contributed by atoms with Crippen LogP contribution in [0.2, 0.25) is 0 Å². The van der Waals surface area contributed by atoms with E-state index in [0.717, 1.165) is 13.0 Å². The number of rotatable bonds is 4. The zero-order valence-corrected chi connectivity index (χ0v) is 11.7. The van der Waals surface area contributed by atoms with Crippen molar-refractivity contribution in [3.63, 3.8) is 0 Å². The predicted molar refractivity (Wildman–Crippen MR) is 74.7 cm³/mol. The Morgan fingerprint density at radius 3 is 2.84 bits per heavy atom. The Hall–Kier alpha value is -1.39. The van der Waals surface area contributed by atoms with Gasteiger partial charge < -0.3 is 10.0 Å². The number of hydrogen-bond acceptors (Lipinski definition) is 3. The lowest BCUT2D eigenvalue weighted by atomic mass is 10.1. The Morgan fingerprint density at radius 2 is 2.21 bits per heavy atom. The van der Waals surface area contributed by atoms with Crippen LogP contribution in [0.15, 0.2) is 24.3 Å². The molecule has 1 atom stereocenters. The molecule has 0 unspecified atom stereocenters. The highest BCUT2D eigenvalue weighted by atomic mass is 16.3. The number of benzene rings is 1. The second-order valence-corrected chi connectivity index (χ2v) is 5.35. The van der Waals surface area contributed by atoms with Gasteiger partial charge in [-0.1, -0.05) is 24.3 Å². The number of aliphatic hydroxyl groups excluding tert-OH is 1. The van der Waals surface area contributed by atoms with Crippen LogP contribution < -0.4 is 0 Å². The fourth-order valence-electron chi connectivity index (χ4n) is 2.40. The molecule has 1 aliphatic rings. The van der Waals surface area contributed by atoms with Crippen molar-refractivity contribution in [1.29, 1.82) is 0 Å². The van der Waals surface area contributed by atoms with Crippen LogP contribution in [0.5, 0.6) is 0 Å². The molecule has 1 saturated heterocycles. The number of carbonyl (C=O) groups excluding carboxylic acids is 1. The van der Waals surface area contributed by atoms with Crippen LogP contribution in [0, 0.1) is 6.92 Å². The van der Waals surface area contributed by atoms with Crippen LogP contribution in [0.25, 0.3) is 0 Å². The molecule has 2 rings (SSSR count). The number of nitrogens with zero attached hydrogens (tertiary/aromatic N) is 2. The Balaban J connectivity index is 1.87. The minimum atomic E-state index is -0.269. The van der Waals surface area contributed by atoms with Gasteiger partial charge in [0.1, 0.15) is 0 Å². The third-order valence-corrected chi connectivity index (χ3v) is 3.70. The van der Waals surface area contributed by atoms with E-state index >= 15 is 0 Å². The summed E-state index contributed by atoms with van der Waals surface area (Å²) < 4.78 is 0. The van der Waals surface area contributed by atoms with Gasteiger partial charge in [-0.3, -0.25) is 9.69 Å². The summed E-state index contributed by atoms with van der Waals surface area (Å²) in [6, 6.07) is 8.12. The molecule has 1 N–H and O–H groups in total. The number of amides is 1.